The van der Waals surface area contributed by atoms with E-state index in [4.69, 9.17) is 14.2 Å². The van der Waals surface area contributed by atoms with Crippen molar-refractivity contribution in [3.05, 3.63) is 47.0 Å². The molecule has 0 radical (unpaired) electrons. The van der Waals surface area contributed by atoms with Gasteiger partial charge in [0.2, 0.25) is 6.29 Å². The molecule has 172 valence electrons. The Morgan fingerprint density at radius 3 is 2.44 bits per heavy atom. The standard InChI is InChI=1S/C21H22O11/c22-7-15-17(26)18(27)19(28)21(32-15)31-14-4-8(1-2-11(14)24)13-5-9-3-10(23)6-12(25)16(9)20(29)30-13/h1-4,6,13,15,17-19,21-28H,5,7H2. The maximum atomic E-state index is 12.4. The molecule has 0 bridgehead atoms. The van der Waals surface area contributed by atoms with Crippen molar-refractivity contribution >= 4 is 5.97 Å². The van der Waals surface area contributed by atoms with Crippen LogP contribution >= 0.6 is 0 Å². The number of cyclic esters (lactones) is 1. The van der Waals surface area contributed by atoms with Crippen molar-refractivity contribution in [3.63, 3.8) is 0 Å². The molecule has 0 spiro atoms. The molecule has 6 atom stereocenters. The van der Waals surface area contributed by atoms with Crippen LogP contribution in [0.2, 0.25) is 0 Å². The summed E-state index contributed by atoms with van der Waals surface area (Å²) >= 11 is 0. The molecule has 7 N–H and O–H groups in total. The number of aliphatic hydroxyl groups excluding tert-OH is 4. The summed E-state index contributed by atoms with van der Waals surface area (Å²) in [6, 6.07) is 6.45. The quantitative estimate of drug-likeness (QED) is 0.296. The van der Waals surface area contributed by atoms with Crippen LogP contribution in [0.5, 0.6) is 23.0 Å². The van der Waals surface area contributed by atoms with Crippen LogP contribution in [0.1, 0.15) is 27.6 Å². The van der Waals surface area contributed by atoms with Gasteiger partial charge in [-0.05, 0) is 29.3 Å². The van der Waals surface area contributed by atoms with E-state index in [-0.39, 0.29) is 29.2 Å². The van der Waals surface area contributed by atoms with E-state index in [1.807, 2.05) is 0 Å². The van der Waals surface area contributed by atoms with Gasteiger partial charge in [0.25, 0.3) is 0 Å². The van der Waals surface area contributed by atoms with E-state index in [0.29, 0.717) is 11.1 Å². The molecule has 0 saturated carbocycles. The van der Waals surface area contributed by atoms with Crippen molar-refractivity contribution in [1.29, 1.82) is 0 Å². The van der Waals surface area contributed by atoms with Crippen molar-refractivity contribution in [3.8, 4) is 23.0 Å². The number of carbonyl (C=O) groups excluding carboxylic acids is 1. The Bertz CT molecular complexity index is 1020. The Hall–Kier alpha value is -3.09. The van der Waals surface area contributed by atoms with Gasteiger partial charge in [0, 0.05) is 12.5 Å². The fraction of sp³-hybridized carbons (Fsp3) is 0.381. The average molecular weight is 450 g/mol. The van der Waals surface area contributed by atoms with Gasteiger partial charge in [0.1, 0.15) is 47.6 Å². The fourth-order valence-corrected chi connectivity index (χ4v) is 3.80. The van der Waals surface area contributed by atoms with E-state index in [1.165, 1.54) is 24.3 Å². The Balaban J connectivity index is 1.59. The van der Waals surface area contributed by atoms with Gasteiger partial charge in [-0.2, -0.15) is 0 Å². The number of phenolic OH excluding ortho intramolecular Hbond substituents is 3. The molecule has 2 heterocycles. The van der Waals surface area contributed by atoms with Gasteiger partial charge in [-0.25, -0.2) is 4.79 Å². The Morgan fingerprint density at radius 2 is 1.72 bits per heavy atom. The van der Waals surface area contributed by atoms with Gasteiger partial charge in [0.15, 0.2) is 11.5 Å². The molecule has 0 amide bonds. The first-order valence-corrected chi connectivity index (χ1v) is 9.75. The van der Waals surface area contributed by atoms with E-state index in [2.05, 4.69) is 0 Å². The molecule has 2 aromatic rings. The zero-order chi connectivity index (χ0) is 23.2. The lowest BCUT2D eigenvalue weighted by Gasteiger charge is -2.39. The van der Waals surface area contributed by atoms with Crippen LogP contribution in [0.25, 0.3) is 0 Å². The molecule has 2 aliphatic heterocycles. The molecule has 11 nitrogen and oxygen atoms in total. The monoisotopic (exact) mass is 450 g/mol. The van der Waals surface area contributed by atoms with Crippen LogP contribution in [0.4, 0.5) is 0 Å². The maximum Gasteiger partial charge on any atom is 0.342 e. The third kappa shape index (κ3) is 3.92. The first-order valence-electron chi connectivity index (χ1n) is 9.75. The molecule has 4 rings (SSSR count). The van der Waals surface area contributed by atoms with E-state index >= 15 is 0 Å². The highest BCUT2D eigenvalue weighted by molar-refractivity contribution is 5.95. The molecular formula is C21H22O11. The number of aliphatic hydroxyl groups is 4. The predicted molar refractivity (Wildman–Crippen MR) is 104 cm³/mol. The lowest BCUT2D eigenvalue weighted by Crippen LogP contribution is -2.60. The van der Waals surface area contributed by atoms with Crippen molar-refractivity contribution in [2.24, 2.45) is 0 Å². The molecule has 2 aromatic carbocycles. The van der Waals surface area contributed by atoms with Gasteiger partial charge in [-0.3, -0.25) is 0 Å². The minimum absolute atomic E-state index is 0.0457. The van der Waals surface area contributed by atoms with Crippen LogP contribution in [-0.2, 0) is 15.9 Å². The first kappa shape index (κ1) is 22.1. The summed E-state index contributed by atoms with van der Waals surface area (Å²) in [6.45, 7) is -0.645. The second kappa shape index (κ2) is 8.45. The highest BCUT2D eigenvalue weighted by Crippen LogP contribution is 2.39. The number of hydrogen-bond donors (Lipinski definition) is 7. The number of esters is 1. The van der Waals surface area contributed by atoms with Crippen LogP contribution in [0.3, 0.4) is 0 Å². The Kier molecular flexibility index (Phi) is 5.84. The second-order valence-electron chi connectivity index (χ2n) is 7.64. The smallest absolute Gasteiger partial charge is 0.342 e. The number of ether oxygens (including phenoxy) is 3. The number of benzene rings is 2. The van der Waals surface area contributed by atoms with E-state index in [0.717, 1.165) is 6.07 Å². The minimum atomic E-state index is -1.68. The van der Waals surface area contributed by atoms with Crippen LogP contribution in [0, 0.1) is 0 Å². The van der Waals surface area contributed by atoms with E-state index in [1.54, 1.807) is 0 Å². The van der Waals surface area contributed by atoms with Gasteiger partial charge in [-0.15, -0.1) is 0 Å². The molecule has 0 aromatic heterocycles. The molecule has 11 heteroatoms. The first-order chi connectivity index (χ1) is 15.2. The second-order valence-corrected chi connectivity index (χ2v) is 7.64. The summed E-state index contributed by atoms with van der Waals surface area (Å²) in [5.74, 6) is -1.93. The van der Waals surface area contributed by atoms with E-state index in [9.17, 15) is 40.5 Å². The Labute approximate surface area is 181 Å². The normalized spacial score (nSPS) is 29.8. The zero-order valence-electron chi connectivity index (χ0n) is 16.5. The number of fused-ring (bicyclic) bond motifs is 1. The van der Waals surface area contributed by atoms with Gasteiger partial charge in [-0.1, -0.05) is 6.07 Å². The summed E-state index contributed by atoms with van der Waals surface area (Å²) in [4.78, 5) is 12.4. The van der Waals surface area contributed by atoms with Crippen molar-refractivity contribution in [1.82, 2.24) is 0 Å². The molecule has 0 aliphatic carbocycles. The SMILES string of the molecule is O=C1OC(c2ccc(O)c(OC3OC(CO)C(O)C(O)C3O)c2)Cc2cc(O)cc(O)c21. The van der Waals surface area contributed by atoms with Crippen LogP contribution < -0.4 is 4.74 Å². The molecule has 1 fully saturated rings. The Morgan fingerprint density at radius 1 is 0.969 bits per heavy atom. The molecule has 2 aliphatic rings. The molecule has 1 saturated heterocycles. The third-order valence-electron chi connectivity index (χ3n) is 5.49. The largest absolute Gasteiger partial charge is 0.508 e. The predicted octanol–water partition coefficient (Wildman–Crippen LogP) is -0.564. The average Bonchev–Trinajstić information content (AvgIpc) is 2.74. The summed E-state index contributed by atoms with van der Waals surface area (Å²) in [6.07, 6.45) is -8.34. The number of rotatable bonds is 4. The lowest BCUT2D eigenvalue weighted by atomic mass is 9.93. The van der Waals surface area contributed by atoms with Gasteiger partial charge in [0.05, 0.1) is 6.61 Å². The number of hydrogen-bond acceptors (Lipinski definition) is 11. The van der Waals surface area contributed by atoms with Gasteiger partial charge >= 0.3 is 5.97 Å². The lowest BCUT2D eigenvalue weighted by molar-refractivity contribution is -0.277. The number of carbonyl (C=O) groups is 1. The minimum Gasteiger partial charge on any atom is -0.508 e. The fourth-order valence-electron chi connectivity index (χ4n) is 3.80. The summed E-state index contributed by atoms with van der Waals surface area (Å²) in [7, 11) is 0. The van der Waals surface area contributed by atoms with Crippen molar-refractivity contribution in [2.45, 2.75) is 43.2 Å². The number of aromatic hydroxyl groups is 3. The molecule has 6 unspecified atom stereocenters. The molecule has 32 heavy (non-hydrogen) atoms. The summed E-state index contributed by atoms with van der Waals surface area (Å²) in [5.41, 5.74) is 0.716. The summed E-state index contributed by atoms with van der Waals surface area (Å²) in [5, 5.41) is 69.0. The zero-order valence-corrected chi connectivity index (χ0v) is 16.5. The van der Waals surface area contributed by atoms with Crippen LogP contribution in [-0.4, -0.2) is 79.0 Å². The third-order valence-corrected chi connectivity index (χ3v) is 5.49. The maximum absolute atomic E-state index is 12.4. The van der Waals surface area contributed by atoms with Gasteiger partial charge < -0.3 is 50.0 Å². The highest BCUT2D eigenvalue weighted by Gasteiger charge is 2.45. The topological polar surface area (TPSA) is 186 Å². The highest BCUT2D eigenvalue weighted by atomic mass is 16.7. The van der Waals surface area contributed by atoms with E-state index < -0.39 is 55.1 Å². The van der Waals surface area contributed by atoms with Crippen LogP contribution in [0.15, 0.2) is 30.3 Å². The number of phenols is 3. The van der Waals surface area contributed by atoms with Crippen molar-refractivity contribution < 1.29 is 54.8 Å². The molecular weight excluding hydrogens is 428 g/mol. The summed E-state index contributed by atoms with van der Waals surface area (Å²) < 4.78 is 16.2. The van der Waals surface area contributed by atoms with Crippen molar-refractivity contribution in [2.75, 3.05) is 6.61 Å².